The van der Waals surface area contributed by atoms with Gasteiger partial charge in [0.1, 0.15) is 0 Å². The molecule has 2 rings (SSSR count). The van der Waals surface area contributed by atoms with Gasteiger partial charge in [-0.2, -0.15) is 0 Å². The number of hydrogen-bond donors (Lipinski definition) is 3. The first-order valence-corrected chi connectivity index (χ1v) is 8.22. The van der Waals surface area contributed by atoms with Crippen LogP contribution in [0.5, 0.6) is 0 Å². The van der Waals surface area contributed by atoms with E-state index in [0.29, 0.717) is 18.7 Å². The van der Waals surface area contributed by atoms with Gasteiger partial charge in [-0.1, -0.05) is 30.3 Å². The summed E-state index contributed by atoms with van der Waals surface area (Å²) >= 11 is 1.69. The summed E-state index contributed by atoms with van der Waals surface area (Å²) in [5.41, 5.74) is 6.49. The number of urea groups is 1. The Kier molecular flexibility index (Phi) is 6.50. The van der Waals surface area contributed by atoms with Gasteiger partial charge in [-0.05, 0) is 29.8 Å². The molecule has 0 aliphatic carbocycles. The van der Waals surface area contributed by atoms with E-state index >= 15 is 0 Å². The van der Waals surface area contributed by atoms with E-state index < -0.39 is 5.91 Å². The fourth-order valence-electron chi connectivity index (χ4n) is 1.93. The highest BCUT2D eigenvalue weighted by molar-refractivity contribution is 7.99. The van der Waals surface area contributed by atoms with Gasteiger partial charge in [-0.25, -0.2) is 4.79 Å². The minimum absolute atomic E-state index is 0.233. The van der Waals surface area contributed by atoms with Crippen molar-refractivity contribution in [2.45, 2.75) is 11.4 Å². The van der Waals surface area contributed by atoms with Crippen LogP contribution >= 0.6 is 11.8 Å². The van der Waals surface area contributed by atoms with Gasteiger partial charge < -0.3 is 16.4 Å². The third kappa shape index (κ3) is 6.04. The van der Waals surface area contributed by atoms with Gasteiger partial charge in [0.2, 0.25) is 5.91 Å². The molecule has 0 aromatic heterocycles. The second kappa shape index (κ2) is 8.85. The highest BCUT2D eigenvalue weighted by atomic mass is 32.2. The van der Waals surface area contributed by atoms with Gasteiger partial charge in [-0.15, -0.1) is 11.8 Å². The molecule has 0 unspecified atom stereocenters. The first kappa shape index (κ1) is 16.9. The molecule has 0 heterocycles. The predicted molar refractivity (Wildman–Crippen MR) is 92.4 cm³/mol. The number of nitrogens with one attached hydrogen (secondary N) is 2. The molecule has 5 nitrogen and oxygen atoms in total. The first-order valence-electron chi connectivity index (χ1n) is 7.23. The molecule has 120 valence electrons. The van der Waals surface area contributed by atoms with Crippen LogP contribution < -0.4 is 16.4 Å². The van der Waals surface area contributed by atoms with Crippen molar-refractivity contribution in [3.63, 3.8) is 0 Å². The van der Waals surface area contributed by atoms with Gasteiger partial charge in [0.05, 0.1) is 0 Å². The van der Waals surface area contributed by atoms with Crippen LogP contribution in [0.3, 0.4) is 0 Å². The van der Waals surface area contributed by atoms with Crippen molar-refractivity contribution >= 4 is 23.7 Å². The van der Waals surface area contributed by atoms with E-state index in [1.807, 2.05) is 36.4 Å². The third-order valence-corrected chi connectivity index (χ3v) is 4.08. The number of amides is 3. The van der Waals surface area contributed by atoms with Crippen LogP contribution in [0.25, 0.3) is 0 Å². The molecule has 23 heavy (non-hydrogen) atoms. The van der Waals surface area contributed by atoms with Gasteiger partial charge in [0.25, 0.3) is 0 Å². The smallest absolute Gasteiger partial charge is 0.315 e. The summed E-state index contributed by atoms with van der Waals surface area (Å²) in [6.45, 7) is 0.922. The van der Waals surface area contributed by atoms with Crippen molar-refractivity contribution < 1.29 is 9.59 Å². The third-order valence-electron chi connectivity index (χ3n) is 3.06. The summed E-state index contributed by atoms with van der Waals surface area (Å²) in [5.74, 6) is 0.323. The predicted octanol–water partition coefficient (Wildman–Crippen LogP) is 2.38. The lowest BCUT2D eigenvalue weighted by atomic mass is 10.1. The standard InChI is InChI=1S/C17H19N3O2S/c18-16(21)14-6-4-5-13(11-14)12-20-17(22)19-9-10-23-15-7-2-1-3-8-15/h1-8,11H,9-10,12H2,(H2,18,21)(H2,19,20,22). The Morgan fingerprint density at radius 1 is 1.00 bits per heavy atom. The summed E-state index contributed by atoms with van der Waals surface area (Å²) in [4.78, 5) is 24.0. The summed E-state index contributed by atoms with van der Waals surface area (Å²) in [5, 5.41) is 5.55. The average molecular weight is 329 g/mol. The lowest BCUT2D eigenvalue weighted by molar-refractivity contribution is 0.1000. The number of primary amides is 1. The number of rotatable bonds is 7. The number of carbonyl (C=O) groups excluding carboxylic acids is 2. The van der Waals surface area contributed by atoms with Crippen LogP contribution in [0.4, 0.5) is 4.79 Å². The molecule has 0 aliphatic rings. The number of benzene rings is 2. The largest absolute Gasteiger partial charge is 0.366 e. The number of nitrogens with two attached hydrogens (primary N) is 1. The van der Waals surface area contributed by atoms with Crippen molar-refractivity contribution in [2.24, 2.45) is 5.73 Å². The Balaban J connectivity index is 1.67. The van der Waals surface area contributed by atoms with E-state index in [4.69, 9.17) is 5.73 Å². The molecule has 6 heteroatoms. The highest BCUT2D eigenvalue weighted by Crippen LogP contribution is 2.15. The van der Waals surface area contributed by atoms with E-state index in [1.54, 1.807) is 30.0 Å². The Labute approximate surface area is 139 Å². The van der Waals surface area contributed by atoms with Gasteiger partial charge in [-0.3, -0.25) is 4.79 Å². The van der Waals surface area contributed by atoms with Crippen molar-refractivity contribution in [1.82, 2.24) is 10.6 Å². The molecule has 0 spiro atoms. The molecule has 0 saturated carbocycles. The second-order valence-corrected chi connectivity index (χ2v) is 6.00. The molecular weight excluding hydrogens is 310 g/mol. The molecule has 4 N–H and O–H groups in total. The summed E-state index contributed by atoms with van der Waals surface area (Å²) in [7, 11) is 0. The van der Waals surface area contributed by atoms with Crippen molar-refractivity contribution in [1.29, 1.82) is 0 Å². The zero-order valence-electron chi connectivity index (χ0n) is 12.6. The molecule has 0 saturated heterocycles. The number of hydrogen-bond acceptors (Lipinski definition) is 3. The van der Waals surface area contributed by atoms with Crippen LogP contribution in [0.15, 0.2) is 59.5 Å². The topological polar surface area (TPSA) is 84.2 Å². The molecule has 0 aliphatic heterocycles. The monoisotopic (exact) mass is 329 g/mol. The van der Waals surface area contributed by atoms with Crippen molar-refractivity contribution in [3.8, 4) is 0 Å². The molecular formula is C17H19N3O2S. The fraction of sp³-hybridized carbons (Fsp3) is 0.176. The molecule has 0 fully saturated rings. The van der Waals surface area contributed by atoms with E-state index in [2.05, 4.69) is 10.6 Å². The summed E-state index contributed by atoms with van der Waals surface area (Å²) in [6, 6.07) is 16.7. The van der Waals surface area contributed by atoms with E-state index in [9.17, 15) is 9.59 Å². The van der Waals surface area contributed by atoms with E-state index in [0.717, 1.165) is 11.3 Å². The molecule has 0 atom stereocenters. The normalized spacial score (nSPS) is 10.1. The molecule has 0 radical (unpaired) electrons. The molecule has 2 aromatic carbocycles. The van der Waals surface area contributed by atoms with Crippen LogP contribution in [0, 0.1) is 0 Å². The molecule has 2 aromatic rings. The zero-order valence-corrected chi connectivity index (χ0v) is 13.4. The highest BCUT2D eigenvalue weighted by Gasteiger charge is 2.03. The average Bonchev–Trinajstić information content (AvgIpc) is 2.58. The number of thioether (sulfide) groups is 1. The number of carbonyl (C=O) groups is 2. The molecule has 0 bridgehead atoms. The van der Waals surface area contributed by atoms with Crippen molar-refractivity contribution in [3.05, 3.63) is 65.7 Å². The summed E-state index contributed by atoms with van der Waals surface area (Å²) < 4.78 is 0. The maximum Gasteiger partial charge on any atom is 0.315 e. The Hall–Kier alpha value is -2.47. The fourth-order valence-corrected chi connectivity index (χ4v) is 2.72. The van der Waals surface area contributed by atoms with Gasteiger partial charge in [0.15, 0.2) is 0 Å². The van der Waals surface area contributed by atoms with Gasteiger partial charge >= 0.3 is 6.03 Å². The lowest BCUT2D eigenvalue weighted by Gasteiger charge is -2.08. The maximum absolute atomic E-state index is 11.7. The second-order valence-electron chi connectivity index (χ2n) is 4.84. The van der Waals surface area contributed by atoms with Crippen LogP contribution in [0.2, 0.25) is 0 Å². The summed E-state index contributed by atoms with van der Waals surface area (Å²) in [6.07, 6.45) is 0. The van der Waals surface area contributed by atoms with Crippen LogP contribution in [-0.2, 0) is 6.54 Å². The zero-order chi connectivity index (χ0) is 16.5. The Morgan fingerprint density at radius 2 is 1.78 bits per heavy atom. The van der Waals surface area contributed by atoms with E-state index in [-0.39, 0.29) is 6.03 Å². The van der Waals surface area contributed by atoms with Crippen molar-refractivity contribution in [2.75, 3.05) is 12.3 Å². The minimum atomic E-state index is -0.478. The van der Waals surface area contributed by atoms with Crippen LogP contribution in [0.1, 0.15) is 15.9 Å². The lowest BCUT2D eigenvalue weighted by Crippen LogP contribution is -2.36. The maximum atomic E-state index is 11.7. The minimum Gasteiger partial charge on any atom is -0.366 e. The first-order chi connectivity index (χ1) is 11.1. The SMILES string of the molecule is NC(=O)c1cccc(CNC(=O)NCCSc2ccccc2)c1. The Morgan fingerprint density at radius 3 is 2.52 bits per heavy atom. The van der Waals surface area contributed by atoms with Crippen LogP contribution in [-0.4, -0.2) is 24.2 Å². The molecule has 3 amide bonds. The Bertz CT molecular complexity index is 662. The van der Waals surface area contributed by atoms with Gasteiger partial charge in [0, 0.05) is 29.3 Å². The quantitative estimate of drug-likeness (QED) is 0.538. The van der Waals surface area contributed by atoms with E-state index in [1.165, 1.54) is 4.90 Å².